The normalized spacial score (nSPS) is 14.8. The molecule has 0 saturated heterocycles. The van der Waals surface area contributed by atoms with Gasteiger partial charge < -0.3 is 9.84 Å². The van der Waals surface area contributed by atoms with Crippen molar-refractivity contribution in [2.45, 2.75) is 64.3 Å². The molecule has 1 unspecified atom stereocenters. The molecule has 1 rings (SSSR count). The molecule has 0 heterocycles. The van der Waals surface area contributed by atoms with Crippen molar-refractivity contribution < 1.29 is 27.8 Å². The highest BCUT2D eigenvalue weighted by Gasteiger charge is 2.55. The molecule has 1 aromatic rings. The monoisotopic (exact) mass is 381 g/mol. The minimum Gasteiger partial charge on any atom is -0.444 e. The summed E-state index contributed by atoms with van der Waals surface area (Å²) in [7, 11) is 0. The first-order chi connectivity index (χ1) is 11.3. The number of halogens is 4. The van der Waals surface area contributed by atoms with Crippen molar-refractivity contribution >= 4 is 23.4 Å². The predicted molar refractivity (Wildman–Crippen MR) is 90.8 cm³/mol. The number of nitrogens with one attached hydrogen (secondary N) is 1. The third-order valence-electron chi connectivity index (χ3n) is 3.42. The van der Waals surface area contributed by atoms with Gasteiger partial charge in [-0.25, -0.2) is 4.79 Å². The summed E-state index contributed by atoms with van der Waals surface area (Å²) >= 11 is 5.83. The fourth-order valence-electron chi connectivity index (χ4n) is 2.24. The van der Waals surface area contributed by atoms with Crippen molar-refractivity contribution in [2.75, 3.05) is 5.32 Å². The van der Waals surface area contributed by atoms with Crippen LogP contribution in [0.5, 0.6) is 0 Å². The molecule has 0 aliphatic rings. The van der Waals surface area contributed by atoms with Gasteiger partial charge in [-0.1, -0.05) is 31.4 Å². The Balaban J connectivity index is 3.32. The van der Waals surface area contributed by atoms with Gasteiger partial charge in [-0.3, -0.25) is 5.32 Å². The molecule has 0 aliphatic heterocycles. The molecule has 1 amide bonds. The number of anilines is 1. The predicted octanol–water partition coefficient (Wildman–Crippen LogP) is 5.63. The van der Waals surface area contributed by atoms with E-state index in [0.717, 1.165) is 6.07 Å². The van der Waals surface area contributed by atoms with Gasteiger partial charge in [-0.2, -0.15) is 13.2 Å². The summed E-state index contributed by atoms with van der Waals surface area (Å²) in [6.07, 6.45) is -5.79. The van der Waals surface area contributed by atoms with Gasteiger partial charge in [-0.15, -0.1) is 0 Å². The number of rotatable bonds is 5. The third kappa shape index (κ3) is 5.78. The summed E-state index contributed by atoms with van der Waals surface area (Å²) < 4.78 is 45.9. The smallest absolute Gasteiger partial charge is 0.421 e. The Labute approximate surface area is 150 Å². The molecule has 0 fully saturated rings. The summed E-state index contributed by atoms with van der Waals surface area (Å²) in [5.74, 6) is 0. The van der Waals surface area contributed by atoms with E-state index < -0.39 is 35.5 Å². The van der Waals surface area contributed by atoms with Gasteiger partial charge in [0.25, 0.3) is 0 Å². The van der Waals surface area contributed by atoms with Crippen molar-refractivity contribution in [1.29, 1.82) is 0 Å². The average Bonchev–Trinajstić information content (AvgIpc) is 2.43. The van der Waals surface area contributed by atoms with E-state index in [9.17, 15) is 23.1 Å². The lowest BCUT2D eigenvalue weighted by atomic mass is 9.86. The van der Waals surface area contributed by atoms with Crippen LogP contribution in [-0.4, -0.2) is 23.0 Å². The van der Waals surface area contributed by atoms with E-state index in [0.29, 0.717) is 6.42 Å². The molecule has 0 spiro atoms. The largest absolute Gasteiger partial charge is 0.444 e. The van der Waals surface area contributed by atoms with Crippen LogP contribution in [0.1, 0.15) is 52.5 Å². The van der Waals surface area contributed by atoms with Gasteiger partial charge >= 0.3 is 12.3 Å². The molecule has 25 heavy (non-hydrogen) atoms. The molecule has 2 N–H and O–H groups in total. The molecular weight excluding hydrogens is 359 g/mol. The number of unbranched alkanes of at least 4 members (excludes halogenated alkanes) is 1. The molecule has 142 valence electrons. The Morgan fingerprint density at radius 1 is 1.28 bits per heavy atom. The van der Waals surface area contributed by atoms with E-state index >= 15 is 0 Å². The zero-order chi connectivity index (χ0) is 19.5. The maximum atomic E-state index is 13.6. The molecule has 4 nitrogen and oxygen atoms in total. The molecule has 1 atom stereocenters. The minimum absolute atomic E-state index is 0.0175. The van der Waals surface area contributed by atoms with Gasteiger partial charge in [0.15, 0.2) is 5.60 Å². The summed E-state index contributed by atoms with van der Waals surface area (Å²) in [6, 6.07) is 3.55. The van der Waals surface area contributed by atoms with E-state index in [1.807, 2.05) is 0 Å². The van der Waals surface area contributed by atoms with Crippen LogP contribution in [0.15, 0.2) is 18.2 Å². The minimum atomic E-state index is -4.93. The summed E-state index contributed by atoms with van der Waals surface area (Å²) in [4.78, 5) is 11.9. The average molecular weight is 382 g/mol. The maximum absolute atomic E-state index is 13.6. The highest BCUT2D eigenvalue weighted by atomic mass is 35.5. The maximum Gasteiger partial charge on any atom is 0.421 e. The fourth-order valence-corrected chi connectivity index (χ4v) is 2.42. The topological polar surface area (TPSA) is 58.6 Å². The lowest BCUT2D eigenvalue weighted by Gasteiger charge is -2.33. The van der Waals surface area contributed by atoms with Gasteiger partial charge in [0.1, 0.15) is 5.60 Å². The lowest BCUT2D eigenvalue weighted by Crippen LogP contribution is -2.43. The highest BCUT2D eigenvalue weighted by Crippen LogP contribution is 2.46. The molecule has 0 saturated carbocycles. The molecule has 0 radical (unpaired) electrons. The fraction of sp³-hybridized carbons (Fsp3) is 0.588. The van der Waals surface area contributed by atoms with Crippen molar-refractivity contribution in [2.24, 2.45) is 0 Å². The Morgan fingerprint density at radius 2 is 1.88 bits per heavy atom. The number of alkyl halides is 3. The van der Waals surface area contributed by atoms with E-state index in [2.05, 4.69) is 5.32 Å². The summed E-state index contributed by atoms with van der Waals surface area (Å²) in [6.45, 7) is 6.60. The van der Waals surface area contributed by atoms with E-state index in [1.54, 1.807) is 27.7 Å². The Kier molecular flexibility index (Phi) is 6.75. The van der Waals surface area contributed by atoms with Gasteiger partial charge in [0.05, 0.1) is 5.69 Å². The first kappa shape index (κ1) is 21.6. The molecule has 1 aromatic carbocycles. The molecule has 0 aromatic heterocycles. The second kappa shape index (κ2) is 7.83. The number of hydrogen-bond acceptors (Lipinski definition) is 3. The van der Waals surface area contributed by atoms with Crippen LogP contribution in [0, 0.1) is 0 Å². The standard InChI is InChI=1S/C17H23ClF3NO3/c1-5-6-9-16(24,17(19,20)21)12-10-11(18)7-8-13(12)22-14(23)25-15(2,3)4/h7-8,10,24H,5-6,9H2,1-4H3,(H,22,23). The first-order valence-corrected chi connectivity index (χ1v) is 8.27. The van der Waals surface area contributed by atoms with Crippen LogP contribution in [0.2, 0.25) is 5.02 Å². The van der Waals surface area contributed by atoms with Crippen LogP contribution >= 0.6 is 11.6 Å². The van der Waals surface area contributed by atoms with Crippen LogP contribution in [0.25, 0.3) is 0 Å². The van der Waals surface area contributed by atoms with Crippen LogP contribution < -0.4 is 5.32 Å². The summed E-state index contributed by atoms with van der Waals surface area (Å²) in [5, 5.41) is 12.7. The number of benzene rings is 1. The summed E-state index contributed by atoms with van der Waals surface area (Å²) in [5.41, 5.74) is -4.65. The van der Waals surface area contributed by atoms with Crippen molar-refractivity contribution in [3.8, 4) is 0 Å². The second-order valence-corrected chi connectivity index (χ2v) is 7.21. The van der Waals surface area contributed by atoms with Gasteiger partial charge in [0, 0.05) is 10.6 Å². The van der Waals surface area contributed by atoms with Crippen molar-refractivity contribution in [3.63, 3.8) is 0 Å². The first-order valence-electron chi connectivity index (χ1n) is 7.89. The zero-order valence-corrected chi connectivity index (χ0v) is 15.4. The molecule has 0 bridgehead atoms. The van der Waals surface area contributed by atoms with Gasteiger partial charge in [0.2, 0.25) is 0 Å². The van der Waals surface area contributed by atoms with Crippen LogP contribution in [-0.2, 0) is 10.3 Å². The number of hydrogen-bond donors (Lipinski definition) is 2. The van der Waals surface area contributed by atoms with E-state index in [1.165, 1.54) is 12.1 Å². The Hall–Kier alpha value is -1.47. The molecule has 0 aliphatic carbocycles. The van der Waals surface area contributed by atoms with Crippen LogP contribution in [0.3, 0.4) is 0 Å². The Morgan fingerprint density at radius 3 is 2.36 bits per heavy atom. The number of ether oxygens (including phenoxy) is 1. The Bertz CT molecular complexity index is 614. The second-order valence-electron chi connectivity index (χ2n) is 6.78. The number of carbonyl (C=O) groups is 1. The molecular formula is C17H23ClF3NO3. The number of carbonyl (C=O) groups excluding carboxylic acids is 1. The van der Waals surface area contributed by atoms with Crippen molar-refractivity contribution in [3.05, 3.63) is 28.8 Å². The highest BCUT2D eigenvalue weighted by molar-refractivity contribution is 6.30. The number of amides is 1. The zero-order valence-electron chi connectivity index (χ0n) is 14.6. The third-order valence-corrected chi connectivity index (χ3v) is 3.66. The SMILES string of the molecule is CCCCC(O)(c1cc(Cl)ccc1NC(=O)OC(C)(C)C)C(F)(F)F. The van der Waals surface area contributed by atoms with E-state index in [4.69, 9.17) is 16.3 Å². The van der Waals surface area contributed by atoms with Crippen molar-refractivity contribution in [1.82, 2.24) is 0 Å². The van der Waals surface area contributed by atoms with Crippen LogP contribution in [0.4, 0.5) is 23.7 Å². The number of aliphatic hydroxyl groups is 1. The lowest BCUT2D eigenvalue weighted by molar-refractivity contribution is -0.269. The van der Waals surface area contributed by atoms with E-state index in [-0.39, 0.29) is 17.1 Å². The quantitative estimate of drug-likeness (QED) is 0.695. The molecule has 8 heteroatoms. The van der Waals surface area contributed by atoms with Gasteiger partial charge in [-0.05, 0) is 45.4 Å².